The maximum absolute atomic E-state index is 14.4. The van der Waals surface area contributed by atoms with E-state index in [9.17, 15) is 18.0 Å². The highest BCUT2D eigenvalue weighted by molar-refractivity contribution is 9.10. The molecule has 0 aromatic heterocycles. The van der Waals surface area contributed by atoms with Gasteiger partial charge in [-0.25, -0.2) is 8.42 Å². The molecule has 4 rings (SSSR count). The number of amides is 2. The smallest absolute Gasteiger partial charge is 0.264 e. The molecular weight excluding hydrogens is 626 g/mol. The Bertz CT molecular complexity index is 1610. The standard InChI is InChI=1S/C34H36BrN3O4S/c1-3-21-36-34(40)32(23-27-11-6-4-7-12-27)37(24-28-13-10-14-29(35)22-28)33(39)25-38(30-15-8-5-9-16-30)43(41,42)31-19-17-26(2)18-20-31/h4-20,22,32H,3,21,23-25H2,1-2H3,(H,36,40)/t32-/m1/s1. The number of hydrogen-bond acceptors (Lipinski definition) is 4. The maximum atomic E-state index is 14.4. The van der Waals surface area contributed by atoms with Crippen LogP contribution in [0.4, 0.5) is 5.69 Å². The van der Waals surface area contributed by atoms with E-state index in [1.54, 1.807) is 54.6 Å². The van der Waals surface area contributed by atoms with E-state index < -0.39 is 28.5 Å². The topological polar surface area (TPSA) is 86.8 Å². The van der Waals surface area contributed by atoms with E-state index in [0.29, 0.717) is 12.2 Å². The molecule has 0 aliphatic rings. The molecule has 9 heteroatoms. The van der Waals surface area contributed by atoms with Crippen LogP contribution in [0.2, 0.25) is 0 Å². The van der Waals surface area contributed by atoms with Crippen molar-refractivity contribution in [2.75, 3.05) is 17.4 Å². The molecule has 1 atom stereocenters. The second kappa shape index (κ2) is 15.0. The van der Waals surface area contributed by atoms with Crippen LogP contribution >= 0.6 is 15.9 Å². The van der Waals surface area contributed by atoms with E-state index in [4.69, 9.17) is 0 Å². The molecule has 0 unspecified atom stereocenters. The summed E-state index contributed by atoms with van der Waals surface area (Å²) in [7, 11) is -4.12. The Hall–Kier alpha value is -3.95. The zero-order chi connectivity index (χ0) is 30.8. The SMILES string of the molecule is CCCNC(=O)[C@@H](Cc1ccccc1)N(Cc1cccc(Br)c1)C(=O)CN(c1ccccc1)S(=O)(=O)c1ccc(C)cc1. The molecule has 0 heterocycles. The number of rotatable bonds is 13. The Balaban J connectivity index is 1.78. The number of carbonyl (C=O) groups is 2. The van der Waals surface area contributed by atoms with Gasteiger partial charge in [0.1, 0.15) is 12.6 Å². The third kappa shape index (κ3) is 8.55. The summed E-state index contributed by atoms with van der Waals surface area (Å²) in [5.74, 6) is -0.784. The molecular formula is C34H36BrN3O4S. The largest absolute Gasteiger partial charge is 0.354 e. The predicted molar refractivity (Wildman–Crippen MR) is 174 cm³/mol. The number of halogens is 1. The third-order valence-corrected chi connectivity index (χ3v) is 9.28. The van der Waals surface area contributed by atoms with Gasteiger partial charge in [0.25, 0.3) is 10.0 Å². The Labute approximate surface area is 262 Å². The summed E-state index contributed by atoms with van der Waals surface area (Å²) in [6, 6.07) is 31.3. The molecule has 0 aliphatic carbocycles. The second-order valence-corrected chi connectivity index (χ2v) is 13.1. The lowest BCUT2D eigenvalue weighted by Crippen LogP contribution is -2.53. The van der Waals surface area contributed by atoms with Crippen LogP contribution in [0.15, 0.2) is 119 Å². The maximum Gasteiger partial charge on any atom is 0.264 e. The quantitative estimate of drug-likeness (QED) is 0.187. The molecule has 4 aromatic rings. The molecule has 4 aromatic carbocycles. The summed E-state index contributed by atoms with van der Waals surface area (Å²) in [5.41, 5.74) is 2.97. The average molecular weight is 663 g/mol. The zero-order valence-corrected chi connectivity index (χ0v) is 26.7. The minimum absolute atomic E-state index is 0.0785. The van der Waals surface area contributed by atoms with Crippen molar-refractivity contribution >= 4 is 43.5 Å². The Morgan fingerprint density at radius 1 is 0.837 bits per heavy atom. The Kier molecular flexibility index (Phi) is 11.1. The van der Waals surface area contributed by atoms with Crippen LogP contribution in [0.1, 0.15) is 30.0 Å². The van der Waals surface area contributed by atoms with Crippen molar-refractivity contribution in [3.63, 3.8) is 0 Å². The van der Waals surface area contributed by atoms with Gasteiger partial charge < -0.3 is 10.2 Å². The van der Waals surface area contributed by atoms with Gasteiger partial charge in [-0.2, -0.15) is 0 Å². The van der Waals surface area contributed by atoms with Crippen molar-refractivity contribution in [1.29, 1.82) is 0 Å². The first kappa shape index (κ1) is 32.0. The van der Waals surface area contributed by atoms with Crippen LogP contribution in [0.3, 0.4) is 0 Å². The molecule has 0 bridgehead atoms. The van der Waals surface area contributed by atoms with Crippen LogP contribution in [0.5, 0.6) is 0 Å². The van der Waals surface area contributed by atoms with Crippen molar-refractivity contribution in [3.05, 3.63) is 130 Å². The molecule has 0 fully saturated rings. The average Bonchev–Trinajstić information content (AvgIpc) is 3.01. The van der Waals surface area contributed by atoms with Gasteiger partial charge in [0, 0.05) is 24.0 Å². The molecule has 43 heavy (non-hydrogen) atoms. The van der Waals surface area contributed by atoms with Crippen molar-refractivity contribution in [2.45, 2.75) is 44.2 Å². The van der Waals surface area contributed by atoms with Crippen molar-refractivity contribution < 1.29 is 18.0 Å². The van der Waals surface area contributed by atoms with Gasteiger partial charge in [0.15, 0.2) is 0 Å². The van der Waals surface area contributed by atoms with Crippen LogP contribution < -0.4 is 9.62 Å². The highest BCUT2D eigenvalue weighted by Crippen LogP contribution is 2.25. The summed E-state index contributed by atoms with van der Waals surface area (Å²) in [6.45, 7) is 3.93. The van der Waals surface area contributed by atoms with E-state index in [2.05, 4.69) is 21.2 Å². The molecule has 2 amide bonds. The number of nitrogens with zero attached hydrogens (tertiary/aromatic N) is 2. The number of anilines is 1. The summed E-state index contributed by atoms with van der Waals surface area (Å²) in [4.78, 5) is 29.6. The van der Waals surface area contributed by atoms with E-state index >= 15 is 0 Å². The zero-order valence-electron chi connectivity index (χ0n) is 24.3. The lowest BCUT2D eigenvalue weighted by atomic mass is 10.0. The second-order valence-electron chi connectivity index (χ2n) is 10.3. The normalized spacial score (nSPS) is 11.9. The Morgan fingerprint density at radius 2 is 1.47 bits per heavy atom. The van der Waals surface area contributed by atoms with E-state index in [1.165, 1.54) is 4.90 Å². The van der Waals surface area contributed by atoms with Gasteiger partial charge >= 0.3 is 0 Å². The fraction of sp³-hybridized carbons (Fsp3) is 0.235. The molecule has 0 spiro atoms. The minimum atomic E-state index is -4.12. The van der Waals surface area contributed by atoms with Gasteiger partial charge in [-0.3, -0.25) is 13.9 Å². The summed E-state index contributed by atoms with van der Waals surface area (Å²) < 4.78 is 30.0. The van der Waals surface area contributed by atoms with E-state index in [1.807, 2.05) is 68.4 Å². The van der Waals surface area contributed by atoms with E-state index in [-0.39, 0.29) is 23.8 Å². The highest BCUT2D eigenvalue weighted by Gasteiger charge is 2.34. The summed E-state index contributed by atoms with van der Waals surface area (Å²) in [5, 5.41) is 2.96. The van der Waals surface area contributed by atoms with Crippen LogP contribution in [-0.4, -0.2) is 44.3 Å². The Morgan fingerprint density at radius 3 is 2.09 bits per heavy atom. The van der Waals surface area contributed by atoms with E-state index in [0.717, 1.165) is 31.9 Å². The first-order valence-corrected chi connectivity index (χ1v) is 16.4. The minimum Gasteiger partial charge on any atom is -0.354 e. The molecule has 0 saturated carbocycles. The van der Waals surface area contributed by atoms with Gasteiger partial charge in [-0.05, 0) is 60.9 Å². The molecule has 7 nitrogen and oxygen atoms in total. The number of sulfonamides is 1. The number of nitrogens with one attached hydrogen (secondary N) is 1. The number of benzene rings is 4. The van der Waals surface area contributed by atoms with Crippen molar-refractivity contribution in [2.24, 2.45) is 0 Å². The number of aryl methyl sites for hydroxylation is 1. The van der Waals surface area contributed by atoms with Crippen LogP contribution in [0.25, 0.3) is 0 Å². The van der Waals surface area contributed by atoms with Crippen molar-refractivity contribution in [1.82, 2.24) is 10.2 Å². The number of hydrogen-bond donors (Lipinski definition) is 1. The van der Waals surface area contributed by atoms with Crippen LogP contribution in [0, 0.1) is 6.92 Å². The first-order valence-electron chi connectivity index (χ1n) is 14.2. The third-order valence-electron chi connectivity index (χ3n) is 6.99. The fourth-order valence-corrected chi connectivity index (χ4v) is 6.57. The number of para-hydroxylation sites is 1. The summed E-state index contributed by atoms with van der Waals surface area (Å²) in [6.07, 6.45) is 1.01. The molecule has 0 aliphatic heterocycles. The molecule has 0 saturated heterocycles. The highest BCUT2D eigenvalue weighted by atomic mass is 79.9. The van der Waals surface area contributed by atoms with Crippen molar-refractivity contribution in [3.8, 4) is 0 Å². The van der Waals surface area contributed by atoms with Crippen LogP contribution in [-0.2, 0) is 32.6 Å². The summed E-state index contributed by atoms with van der Waals surface area (Å²) >= 11 is 3.50. The molecule has 1 N–H and O–H groups in total. The van der Waals surface area contributed by atoms with Gasteiger partial charge in [-0.1, -0.05) is 101 Å². The molecule has 0 radical (unpaired) electrons. The monoisotopic (exact) mass is 661 g/mol. The molecule has 224 valence electrons. The van der Waals surface area contributed by atoms with Gasteiger partial charge in [0.2, 0.25) is 11.8 Å². The number of carbonyl (C=O) groups excluding carboxylic acids is 2. The predicted octanol–water partition coefficient (Wildman–Crippen LogP) is 6.12. The lowest BCUT2D eigenvalue weighted by molar-refractivity contribution is -0.140. The lowest BCUT2D eigenvalue weighted by Gasteiger charge is -2.34. The fourth-order valence-electron chi connectivity index (χ4n) is 4.71. The van der Waals surface area contributed by atoms with Gasteiger partial charge in [-0.15, -0.1) is 0 Å². The van der Waals surface area contributed by atoms with Gasteiger partial charge in [0.05, 0.1) is 10.6 Å². The first-order chi connectivity index (χ1) is 20.7.